The number of Topliss-reactive ketones (excluding diaryl/α,β-unsaturated/α-hetero) is 1. The number of ether oxygens (including phenoxy) is 5. The third-order valence-corrected chi connectivity index (χ3v) is 12.8. The second-order valence-corrected chi connectivity index (χ2v) is 16.5. The quantitative estimate of drug-likeness (QED) is 0.233. The van der Waals surface area contributed by atoms with Crippen LogP contribution in [0.3, 0.4) is 0 Å². The van der Waals surface area contributed by atoms with E-state index in [1.165, 1.54) is 0 Å². The molecule has 0 saturated carbocycles. The number of aliphatic carboxylic acids is 1. The summed E-state index contributed by atoms with van der Waals surface area (Å²) in [5.41, 5.74) is -0.732. The highest BCUT2D eigenvalue weighted by Crippen LogP contribution is 2.53. The van der Waals surface area contributed by atoms with E-state index in [1.54, 1.807) is 19.1 Å². The average Bonchev–Trinajstić information content (AvgIpc) is 3.40. The molecule has 4 N–H and O–H groups in total. The molecule has 0 aromatic rings. The normalized spacial score (nSPS) is 46.8. The van der Waals surface area contributed by atoms with Crippen molar-refractivity contribution >= 4 is 11.8 Å². The molecule has 0 amide bonds. The molecule has 0 aromatic carbocycles. The first-order chi connectivity index (χ1) is 23.0. The van der Waals surface area contributed by atoms with E-state index in [-0.39, 0.29) is 54.2 Å². The molecule has 11 heteroatoms. The second-order valence-electron chi connectivity index (χ2n) is 16.5. The predicted molar refractivity (Wildman–Crippen MR) is 180 cm³/mol. The molecule has 280 valence electrons. The number of carboxylic acid groups (broad SMARTS) is 1. The molecule has 2 spiro atoms. The van der Waals surface area contributed by atoms with Crippen LogP contribution in [0.5, 0.6) is 0 Å². The van der Waals surface area contributed by atoms with Gasteiger partial charge in [0.15, 0.2) is 5.79 Å². The summed E-state index contributed by atoms with van der Waals surface area (Å²) in [5, 5.41) is 42.4. The average molecular weight is 695 g/mol. The molecule has 3 unspecified atom stereocenters. The Morgan fingerprint density at radius 1 is 0.939 bits per heavy atom. The summed E-state index contributed by atoms with van der Waals surface area (Å²) in [6, 6.07) is 0. The molecule has 0 radical (unpaired) electrons. The van der Waals surface area contributed by atoms with E-state index in [2.05, 4.69) is 20.8 Å². The van der Waals surface area contributed by atoms with E-state index in [9.17, 15) is 30.0 Å². The SMILES string of the molecule is CCC(C(=O)[C@@H](C)[C@@H](O)[C@H](C)[C@@H]1O[C@@H](CC(=O)O)CC[C@@H]1C)[C@H]1O[C@]2(C=C[C@@H](O)[C@]3(CC[C@@](C)(C4CCC(O)[C@H](C)O4)O3)O2)[C@H](C)C[C@@H]1C. The summed E-state index contributed by atoms with van der Waals surface area (Å²) >= 11 is 0. The minimum Gasteiger partial charge on any atom is -0.481 e. The Balaban J connectivity index is 1.31. The third-order valence-electron chi connectivity index (χ3n) is 12.8. The molecule has 49 heavy (non-hydrogen) atoms. The van der Waals surface area contributed by atoms with Crippen molar-refractivity contribution in [2.24, 2.45) is 35.5 Å². The maximum absolute atomic E-state index is 14.3. The van der Waals surface area contributed by atoms with Crippen LogP contribution >= 0.6 is 0 Å². The summed E-state index contributed by atoms with van der Waals surface area (Å²) in [6.07, 6.45) is 4.00. The largest absolute Gasteiger partial charge is 0.481 e. The van der Waals surface area contributed by atoms with Gasteiger partial charge in [-0.25, -0.2) is 0 Å². The molecule has 0 bridgehead atoms. The number of carbonyl (C=O) groups is 2. The zero-order valence-corrected chi connectivity index (χ0v) is 30.7. The fourth-order valence-electron chi connectivity index (χ4n) is 9.47. The number of hydrogen-bond donors (Lipinski definition) is 4. The first kappa shape index (κ1) is 38.8. The van der Waals surface area contributed by atoms with E-state index < -0.39 is 65.5 Å². The molecule has 4 saturated heterocycles. The maximum Gasteiger partial charge on any atom is 0.305 e. The minimum absolute atomic E-state index is 0.0212. The third kappa shape index (κ3) is 7.56. The fourth-order valence-corrected chi connectivity index (χ4v) is 9.47. The zero-order chi connectivity index (χ0) is 36.1. The molecule has 5 aliphatic rings. The van der Waals surface area contributed by atoms with Crippen molar-refractivity contribution in [3.8, 4) is 0 Å². The first-order valence-electron chi connectivity index (χ1n) is 18.8. The van der Waals surface area contributed by atoms with Crippen LogP contribution in [-0.4, -0.2) is 98.2 Å². The highest BCUT2D eigenvalue weighted by atomic mass is 16.8. The van der Waals surface area contributed by atoms with Crippen LogP contribution in [0.1, 0.15) is 113 Å². The van der Waals surface area contributed by atoms with Crippen molar-refractivity contribution in [3.63, 3.8) is 0 Å². The topological polar surface area (TPSA) is 161 Å². The van der Waals surface area contributed by atoms with Crippen LogP contribution in [0.15, 0.2) is 12.2 Å². The number of aliphatic hydroxyl groups is 3. The summed E-state index contributed by atoms with van der Waals surface area (Å²) in [4.78, 5) is 25.6. The number of rotatable bonds is 10. The lowest BCUT2D eigenvalue weighted by molar-refractivity contribution is -0.408. The highest BCUT2D eigenvalue weighted by Gasteiger charge is 2.62. The van der Waals surface area contributed by atoms with Gasteiger partial charge in [-0.2, -0.15) is 0 Å². The molecular formula is C38H62O11. The first-order valence-corrected chi connectivity index (χ1v) is 18.8. The second kappa shape index (κ2) is 14.9. The van der Waals surface area contributed by atoms with Gasteiger partial charge in [-0.1, -0.05) is 41.5 Å². The van der Waals surface area contributed by atoms with E-state index in [1.807, 2.05) is 27.7 Å². The lowest BCUT2D eigenvalue weighted by Crippen LogP contribution is -2.63. The van der Waals surface area contributed by atoms with Crippen LogP contribution in [0, 0.1) is 35.5 Å². The van der Waals surface area contributed by atoms with E-state index >= 15 is 0 Å². The molecule has 0 aliphatic carbocycles. The Kier molecular flexibility index (Phi) is 11.8. The summed E-state index contributed by atoms with van der Waals surface area (Å²) < 4.78 is 32.9. The predicted octanol–water partition coefficient (Wildman–Crippen LogP) is 4.77. The van der Waals surface area contributed by atoms with Crippen LogP contribution in [0.4, 0.5) is 0 Å². The number of carbonyl (C=O) groups excluding carboxylic acids is 1. The van der Waals surface area contributed by atoms with E-state index in [0.29, 0.717) is 38.5 Å². The minimum atomic E-state index is -1.36. The molecule has 5 aliphatic heterocycles. The molecule has 5 heterocycles. The monoisotopic (exact) mass is 694 g/mol. The van der Waals surface area contributed by atoms with Crippen molar-refractivity contribution in [1.82, 2.24) is 0 Å². The Labute approximate surface area is 292 Å². The number of ketones is 1. The van der Waals surface area contributed by atoms with Gasteiger partial charge in [0.1, 0.15) is 11.9 Å². The summed E-state index contributed by atoms with van der Waals surface area (Å²) in [5.74, 6) is -5.13. The van der Waals surface area contributed by atoms with Crippen LogP contribution in [0.25, 0.3) is 0 Å². The standard InChI is InChI=1S/C38H62O11/c1-9-27(33(44)23(5)32(43)24(6)34-20(2)10-11-26(46-34)19-31(41)42)35-21(3)18-22(4)37(47-35)15-14-29(40)38(49-37)17-16-36(8,48-38)30-13-12-28(39)25(7)45-30/h14-15,20-30,32,34-35,39-40,43H,9-13,16-19H2,1-8H3,(H,41,42)/t20-,21-,22+,23-,24-,25-,26+,27?,28?,29+,30?,32+,34+,35-,36-,37-,38-/m0/s1. The Bertz CT molecular complexity index is 1210. The molecule has 11 nitrogen and oxygen atoms in total. The van der Waals surface area contributed by atoms with E-state index in [0.717, 1.165) is 12.8 Å². The van der Waals surface area contributed by atoms with Crippen molar-refractivity contribution in [2.45, 2.75) is 179 Å². The van der Waals surface area contributed by atoms with Crippen LogP contribution in [-0.2, 0) is 33.3 Å². The molecule has 17 atom stereocenters. The zero-order valence-electron chi connectivity index (χ0n) is 30.7. The van der Waals surface area contributed by atoms with Crippen molar-refractivity contribution < 1.29 is 53.7 Å². The molecule has 4 fully saturated rings. The van der Waals surface area contributed by atoms with Gasteiger partial charge < -0.3 is 44.1 Å². The van der Waals surface area contributed by atoms with Crippen molar-refractivity contribution in [3.05, 3.63) is 12.2 Å². The van der Waals surface area contributed by atoms with Gasteiger partial charge in [-0.3, -0.25) is 9.59 Å². The van der Waals surface area contributed by atoms with Gasteiger partial charge in [0.05, 0.1) is 54.7 Å². The van der Waals surface area contributed by atoms with Crippen LogP contribution < -0.4 is 0 Å². The maximum atomic E-state index is 14.3. The van der Waals surface area contributed by atoms with Gasteiger partial charge in [0.25, 0.3) is 0 Å². The number of aliphatic hydroxyl groups excluding tert-OH is 3. The molecule has 5 rings (SSSR count). The van der Waals surface area contributed by atoms with Gasteiger partial charge in [-0.15, -0.1) is 0 Å². The van der Waals surface area contributed by atoms with Crippen LogP contribution in [0.2, 0.25) is 0 Å². The van der Waals surface area contributed by atoms with Gasteiger partial charge in [0.2, 0.25) is 5.79 Å². The Morgan fingerprint density at radius 3 is 2.31 bits per heavy atom. The number of hydrogen-bond acceptors (Lipinski definition) is 10. The smallest absolute Gasteiger partial charge is 0.305 e. The lowest BCUT2D eigenvalue weighted by atomic mass is 9.72. The summed E-state index contributed by atoms with van der Waals surface area (Å²) in [7, 11) is 0. The van der Waals surface area contributed by atoms with Crippen molar-refractivity contribution in [2.75, 3.05) is 0 Å². The van der Waals surface area contributed by atoms with Gasteiger partial charge in [-0.05, 0) is 82.8 Å². The highest BCUT2D eigenvalue weighted by molar-refractivity contribution is 5.84. The van der Waals surface area contributed by atoms with Gasteiger partial charge in [0, 0.05) is 30.1 Å². The van der Waals surface area contributed by atoms with Crippen molar-refractivity contribution in [1.29, 1.82) is 0 Å². The Morgan fingerprint density at radius 2 is 1.65 bits per heavy atom. The fraction of sp³-hybridized carbons (Fsp3) is 0.895. The number of carboxylic acids is 1. The summed E-state index contributed by atoms with van der Waals surface area (Å²) in [6.45, 7) is 15.7. The van der Waals surface area contributed by atoms with E-state index in [4.69, 9.17) is 23.7 Å². The Hall–Kier alpha value is -1.44. The lowest BCUT2D eigenvalue weighted by Gasteiger charge is -2.54. The molecular weight excluding hydrogens is 632 g/mol. The van der Waals surface area contributed by atoms with Gasteiger partial charge >= 0.3 is 5.97 Å². The molecule has 0 aromatic heterocycles.